The number of aromatic nitrogens is 1. The number of fused-ring (bicyclic) bond motifs is 3. The summed E-state index contributed by atoms with van der Waals surface area (Å²) in [5.74, 6) is -0.692. The number of aromatic amines is 1. The number of rotatable bonds is 5. The van der Waals surface area contributed by atoms with Gasteiger partial charge in [-0.3, -0.25) is 4.79 Å². The van der Waals surface area contributed by atoms with Crippen LogP contribution in [0.3, 0.4) is 0 Å². The number of carboxylic acids is 1. The molecule has 0 saturated heterocycles. The van der Waals surface area contributed by atoms with Crippen LogP contribution in [0.5, 0.6) is 0 Å². The molecule has 0 unspecified atom stereocenters. The van der Waals surface area contributed by atoms with E-state index in [2.05, 4.69) is 37.0 Å². The zero-order valence-electron chi connectivity index (χ0n) is 13.5. The Balaban J connectivity index is 2.20. The molecule has 3 rings (SSSR count). The van der Waals surface area contributed by atoms with Gasteiger partial charge in [0.25, 0.3) is 0 Å². The maximum absolute atomic E-state index is 11.4. The molecule has 1 aromatic heterocycles. The summed E-state index contributed by atoms with van der Waals surface area (Å²) in [5, 5.41) is 10.7. The first-order valence-electron chi connectivity index (χ1n) is 8.46. The van der Waals surface area contributed by atoms with Crippen molar-refractivity contribution in [2.45, 2.75) is 64.2 Å². The molecule has 1 atom stereocenters. The summed E-state index contributed by atoms with van der Waals surface area (Å²) in [6.07, 6.45) is 6.41. The Hall–Kier alpha value is -1.77. The second-order valence-electron chi connectivity index (χ2n) is 6.63. The van der Waals surface area contributed by atoms with Crippen molar-refractivity contribution < 1.29 is 9.90 Å². The van der Waals surface area contributed by atoms with Crippen LogP contribution in [-0.4, -0.2) is 16.1 Å². The van der Waals surface area contributed by atoms with Gasteiger partial charge in [-0.2, -0.15) is 0 Å². The summed E-state index contributed by atoms with van der Waals surface area (Å²) in [7, 11) is 0. The van der Waals surface area contributed by atoms with E-state index in [4.69, 9.17) is 0 Å². The van der Waals surface area contributed by atoms with E-state index in [9.17, 15) is 9.90 Å². The maximum Gasteiger partial charge on any atom is 0.304 e. The summed E-state index contributed by atoms with van der Waals surface area (Å²) in [6, 6.07) is 6.52. The second-order valence-corrected chi connectivity index (χ2v) is 6.63. The van der Waals surface area contributed by atoms with Crippen LogP contribution in [0.1, 0.15) is 62.8 Å². The van der Waals surface area contributed by atoms with Crippen LogP contribution in [0.25, 0.3) is 10.9 Å². The van der Waals surface area contributed by atoms with Gasteiger partial charge in [0.2, 0.25) is 0 Å². The van der Waals surface area contributed by atoms with Gasteiger partial charge in [-0.05, 0) is 43.2 Å². The first-order chi connectivity index (χ1) is 10.6. The average Bonchev–Trinajstić information content (AvgIpc) is 2.88. The molecule has 1 heterocycles. The van der Waals surface area contributed by atoms with Crippen LogP contribution in [-0.2, 0) is 23.1 Å². The van der Waals surface area contributed by atoms with Crippen LogP contribution in [0.4, 0.5) is 0 Å². The fourth-order valence-corrected chi connectivity index (χ4v) is 4.20. The molecule has 0 spiro atoms. The standard InChI is InChI=1S/C19H25NO2/c1-3-7-13-8-5-9-14-15-10-6-11-19(4-2,12-16(21)22)18(15)20-17(13)14/h5,8-9,20H,3-4,6-7,10-12H2,1-2H3,(H,21,22)/t19-/m0/s1. The van der Waals surface area contributed by atoms with E-state index in [0.717, 1.165) is 38.5 Å². The minimum absolute atomic E-state index is 0.220. The van der Waals surface area contributed by atoms with E-state index in [-0.39, 0.29) is 11.8 Å². The first-order valence-corrected chi connectivity index (χ1v) is 8.46. The van der Waals surface area contributed by atoms with Gasteiger partial charge < -0.3 is 10.1 Å². The SMILES string of the molecule is CCCc1cccc2c3c([nH]c12)[C@](CC)(CC(=O)O)CCC3. The Kier molecular flexibility index (Phi) is 3.98. The summed E-state index contributed by atoms with van der Waals surface area (Å²) < 4.78 is 0. The predicted octanol–water partition coefficient (Wildman–Crippen LogP) is 4.58. The molecule has 0 amide bonds. The minimum atomic E-state index is -0.692. The number of aliphatic carboxylic acids is 1. The van der Waals surface area contributed by atoms with Crippen molar-refractivity contribution in [1.29, 1.82) is 0 Å². The molecule has 1 aliphatic rings. The fraction of sp³-hybridized carbons (Fsp3) is 0.526. The zero-order valence-corrected chi connectivity index (χ0v) is 13.5. The lowest BCUT2D eigenvalue weighted by molar-refractivity contribution is -0.138. The second kappa shape index (κ2) is 5.79. The third kappa shape index (κ3) is 2.33. The van der Waals surface area contributed by atoms with E-state index in [1.165, 1.54) is 27.7 Å². The Labute approximate surface area is 131 Å². The van der Waals surface area contributed by atoms with Gasteiger partial charge in [0, 0.05) is 22.0 Å². The average molecular weight is 299 g/mol. The number of aryl methyl sites for hydroxylation is 2. The van der Waals surface area contributed by atoms with Crippen molar-refractivity contribution in [1.82, 2.24) is 4.98 Å². The molecule has 2 N–H and O–H groups in total. The van der Waals surface area contributed by atoms with Crippen molar-refractivity contribution in [3.8, 4) is 0 Å². The Morgan fingerprint density at radius 1 is 1.36 bits per heavy atom. The van der Waals surface area contributed by atoms with E-state index in [1.807, 2.05) is 0 Å². The number of nitrogens with one attached hydrogen (secondary N) is 1. The van der Waals surface area contributed by atoms with Crippen LogP contribution < -0.4 is 0 Å². The van der Waals surface area contributed by atoms with E-state index >= 15 is 0 Å². The van der Waals surface area contributed by atoms with Crippen LogP contribution in [0, 0.1) is 0 Å². The lowest BCUT2D eigenvalue weighted by Crippen LogP contribution is -2.33. The van der Waals surface area contributed by atoms with Gasteiger partial charge in [0.15, 0.2) is 0 Å². The topological polar surface area (TPSA) is 53.1 Å². The quantitative estimate of drug-likeness (QED) is 0.849. The van der Waals surface area contributed by atoms with E-state index in [0.29, 0.717) is 0 Å². The molecule has 0 fully saturated rings. The lowest BCUT2D eigenvalue weighted by atomic mass is 9.69. The maximum atomic E-state index is 11.4. The molecule has 22 heavy (non-hydrogen) atoms. The predicted molar refractivity (Wildman–Crippen MR) is 89.5 cm³/mol. The third-order valence-corrected chi connectivity index (χ3v) is 5.33. The van der Waals surface area contributed by atoms with Gasteiger partial charge in [-0.1, -0.05) is 38.5 Å². The highest BCUT2D eigenvalue weighted by molar-refractivity contribution is 5.88. The molecule has 0 bridgehead atoms. The Bertz CT molecular complexity index is 701. The molecule has 2 aromatic rings. The summed E-state index contributed by atoms with van der Waals surface area (Å²) in [4.78, 5) is 15.1. The van der Waals surface area contributed by atoms with Crippen LogP contribution >= 0.6 is 0 Å². The van der Waals surface area contributed by atoms with Crippen molar-refractivity contribution in [3.63, 3.8) is 0 Å². The molecule has 1 aliphatic carbocycles. The number of hydrogen-bond acceptors (Lipinski definition) is 1. The smallest absolute Gasteiger partial charge is 0.304 e. The van der Waals surface area contributed by atoms with Crippen molar-refractivity contribution in [2.75, 3.05) is 0 Å². The third-order valence-electron chi connectivity index (χ3n) is 5.33. The van der Waals surface area contributed by atoms with Gasteiger partial charge >= 0.3 is 5.97 Å². The normalized spacial score (nSPS) is 21.0. The molecule has 118 valence electrons. The molecule has 0 aliphatic heterocycles. The highest BCUT2D eigenvalue weighted by Gasteiger charge is 2.39. The molecular formula is C19H25NO2. The summed E-state index contributed by atoms with van der Waals surface area (Å²) in [6.45, 7) is 4.32. The largest absolute Gasteiger partial charge is 0.481 e. The van der Waals surface area contributed by atoms with Crippen molar-refractivity contribution in [3.05, 3.63) is 35.0 Å². The van der Waals surface area contributed by atoms with Crippen molar-refractivity contribution in [2.24, 2.45) is 0 Å². The molecule has 0 radical (unpaired) electrons. The number of carbonyl (C=O) groups is 1. The first kappa shape index (κ1) is 15.1. The Morgan fingerprint density at radius 3 is 2.86 bits per heavy atom. The molecule has 1 aromatic carbocycles. The van der Waals surface area contributed by atoms with Gasteiger partial charge in [-0.25, -0.2) is 0 Å². The highest BCUT2D eigenvalue weighted by atomic mass is 16.4. The summed E-state index contributed by atoms with van der Waals surface area (Å²) >= 11 is 0. The number of benzene rings is 1. The zero-order chi connectivity index (χ0) is 15.7. The molecule has 3 nitrogen and oxygen atoms in total. The Morgan fingerprint density at radius 2 is 2.18 bits per heavy atom. The van der Waals surface area contributed by atoms with E-state index < -0.39 is 5.97 Å². The van der Waals surface area contributed by atoms with Gasteiger partial charge in [0.05, 0.1) is 6.42 Å². The van der Waals surface area contributed by atoms with Gasteiger partial charge in [0.1, 0.15) is 0 Å². The fourth-order valence-electron chi connectivity index (χ4n) is 4.20. The lowest BCUT2D eigenvalue weighted by Gasteiger charge is -2.35. The molecular weight excluding hydrogens is 274 g/mol. The van der Waals surface area contributed by atoms with Crippen LogP contribution in [0.2, 0.25) is 0 Å². The number of para-hydroxylation sites is 1. The minimum Gasteiger partial charge on any atom is -0.481 e. The van der Waals surface area contributed by atoms with Crippen LogP contribution in [0.15, 0.2) is 18.2 Å². The van der Waals surface area contributed by atoms with Crippen molar-refractivity contribution >= 4 is 16.9 Å². The molecule has 3 heteroatoms. The summed E-state index contributed by atoms with van der Waals surface area (Å²) in [5.41, 5.74) is 4.93. The molecule has 0 saturated carbocycles. The number of H-pyrrole nitrogens is 1. The monoisotopic (exact) mass is 299 g/mol. The highest BCUT2D eigenvalue weighted by Crippen LogP contribution is 2.45. The van der Waals surface area contributed by atoms with E-state index in [1.54, 1.807) is 0 Å². The van der Waals surface area contributed by atoms with Gasteiger partial charge in [-0.15, -0.1) is 0 Å². The number of carboxylic acid groups (broad SMARTS) is 1. The number of hydrogen-bond donors (Lipinski definition) is 2.